The molecule has 0 aliphatic heterocycles. The summed E-state index contributed by atoms with van der Waals surface area (Å²) in [6.07, 6.45) is 4.99. The van der Waals surface area contributed by atoms with E-state index in [4.69, 9.17) is 8.83 Å². The fourth-order valence-corrected chi connectivity index (χ4v) is 0.861. The molecule has 0 spiro atoms. The monoisotopic (exact) mass is 163 g/mol. The van der Waals surface area contributed by atoms with Crippen molar-refractivity contribution < 1.29 is 13.6 Å². The Morgan fingerprint density at radius 1 is 1.50 bits per heavy atom. The Hall–Kier alpha value is -1.84. The van der Waals surface area contributed by atoms with Crippen LogP contribution in [-0.2, 0) is 0 Å². The Bertz CT molecular complexity index is 375. The zero-order valence-electron chi connectivity index (χ0n) is 6.06. The van der Waals surface area contributed by atoms with Gasteiger partial charge in [-0.1, -0.05) is 0 Å². The molecule has 2 aromatic rings. The number of aldehydes is 1. The van der Waals surface area contributed by atoms with E-state index in [1.54, 1.807) is 6.07 Å². The van der Waals surface area contributed by atoms with Gasteiger partial charge in [-0.3, -0.25) is 4.79 Å². The minimum Gasteiger partial charge on any atom is -0.472 e. The summed E-state index contributed by atoms with van der Waals surface area (Å²) in [5.74, 6) is 0.608. The number of rotatable bonds is 2. The van der Waals surface area contributed by atoms with Crippen LogP contribution in [0.25, 0.3) is 11.5 Å². The third kappa shape index (κ3) is 1.03. The molecule has 0 aliphatic rings. The van der Waals surface area contributed by atoms with Crippen molar-refractivity contribution in [3.8, 4) is 11.5 Å². The van der Waals surface area contributed by atoms with E-state index in [0.717, 1.165) is 5.56 Å². The van der Waals surface area contributed by atoms with Crippen molar-refractivity contribution in [2.45, 2.75) is 0 Å². The summed E-state index contributed by atoms with van der Waals surface area (Å²) in [6.45, 7) is 0. The minimum atomic E-state index is 0.214. The van der Waals surface area contributed by atoms with Crippen molar-refractivity contribution in [1.82, 2.24) is 4.98 Å². The van der Waals surface area contributed by atoms with Gasteiger partial charge in [-0.25, -0.2) is 4.98 Å². The lowest BCUT2D eigenvalue weighted by Crippen LogP contribution is -1.69. The molecular formula is C8H5NO3. The SMILES string of the molecule is O=Cc1cnc(-c2ccoc2)o1. The normalized spacial score (nSPS) is 10.0. The molecule has 0 amide bonds. The maximum Gasteiger partial charge on any atom is 0.230 e. The lowest BCUT2D eigenvalue weighted by atomic mass is 10.3. The van der Waals surface area contributed by atoms with Gasteiger partial charge in [0.1, 0.15) is 6.26 Å². The molecule has 0 saturated heterocycles. The van der Waals surface area contributed by atoms with Crippen LogP contribution in [-0.4, -0.2) is 11.3 Å². The summed E-state index contributed by atoms with van der Waals surface area (Å²) in [5.41, 5.74) is 0.725. The van der Waals surface area contributed by atoms with Gasteiger partial charge in [-0.05, 0) is 6.07 Å². The standard InChI is InChI=1S/C8H5NO3/c10-4-7-3-9-8(12-7)6-1-2-11-5-6/h1-5H. The van der Waals surface area contributed by atoms with E-state index in [9.17, 15) is 4.79 Å². The van der Waals surface area contributed by atoms with Crippen molar-refractivity contribution in [2.24, 2.45) is 0 Å². The van der Waals surface area contributed by atoms with Crippen molar-refractivity contribution in [1.29, 1.82) is 0 Å². The van der Waals surface area contributed by atoms with Crippen LogP contribution in [0.3, 0.4) is 0 Å². The van der Waals surface area contributed by atoms with Crippen LogP contribution >= 0.6 is 0 Å². The molecule has 4 nitrogen and oxygen atoms in total. The first-order valence-electron chi connectivity index (χ1n) is 3.34. The Kier molecular flexibility index (Phi) is 1.51. The number of oxazole rings is 1. The summed E-state index contributed by atoms with van der Waals surface area (Å²) in [7, 11) is 0. The number of nitrogens with zero attached hydrogens (tertiary/aromatic N) is 1. The second-order valence-corrected chi connectivity index (χ2v) is 2.20. The van der Waals surface area contributed by atoms with Gasteiger partial charge in [0.25, 0.3) is 0 Å². The first-order chi connectivity index (χ1) is 5.90. The predicted octanol–water partition coefficient (Wildman–Crippen LogP) is 1.75. The van der Waals surface area contributed by atoms with Crippen LogP contribution < -0.4 is 0 Å². The molecule has 0 bridgehead atoms. The zero-order valence-corrected chi connectivity index (χ0v) is 6.06. The highest BCUT2D eigenvalue weighted by Gasteiger charge is 2.05. The smallest absolute Gasteiger partial charge is 0.230 e. The molecule has 0 atom stereocenters. The Labute approximate surface area is 67.8 Å². The highest BCUT2D eigenvalue weighted by molar-refractivity contribution is 5.70. The number of hydrogen-bond acceptors (Lipinski definition) is 4. The maximum absolute atomic E-state index is 10.2. The van der Waals surface area contributed by atoms with Gasteiger partial charge in [0.15, 0.2) is 12.0 Å². The molecule has 12 heavy (non-hydrogen) atoms. The fourth-order valence-electron chi connectivity index (χ4n) is 0.861. The summed E-state index contributed by atoms with van der Waals surface area (Å²) in [4.78, 5) is 14.1. The molecule has 0 fully saturated rings. The zero-order chi connectivity index (χ0) is 8.39. The van der Waals surface area contributed by atoms with Crippen molar-refractivity contribution in [3.63, 3.8) is 0 Å². The largest absolute Gasteiger partial charge is 0.472 e. The number of aromatic nitrogens is 1. The molecule has 0 N–H and O–H groups in total. The fraction of sp³-hybridized carbons (Fsp3) is 0. The lowest BCUT2D eigenvalue weighted by molar-refractivity contribution is 0.110. The van der Waals surface area contributed by atoms with Crippen molar-refractivity contribution in [2.75, 3.05) is 0 Å². The van der Waals surface area contributed by atoms with Crippen LogP contribution in [0.4, 0.5) is 0 Å². The highest BCUT2D eigenvalue weighted by atomic mass is 16.4. The van der Waals surface area contributed by atoms with E-state index in [0.29, 0.717) is 12.2 Å². The van der Waals surface area contributed by atoms with E-state index < -0.39 is 0 Å². The number of furan rings is 1. The van der Waals surface area contributed by atoms with Gasteiger partial charge >= 0.3 is 0 Å². The Balaban J connectivity index is 2.41. The van der Waals surface area contributed by atoms with E-state index >= 15 is 0 Å². The van der Waals surface area contributed by atoms with Gasteiger partial charge in [0.05, 0.1) is 18.0 Å². The maximum atomic E-state index is 10.2. The van der Waals surface area contributed by atoms with Crippen molar-refractivity contribution >= 4 is 6.29 Å². The molecule has 4 heteroatoms. The van der Waals surface area contributed by atoms with Crippen LogP contribution in [0.2, 0.25) is 0 Å². The van der Waals surface area contributed by atoms with Crippen LogP contribution in [0.15, 0.2) is 33.6 Å². The Morgan fingerprint density at radius 2 is 2.42 bits per heavy atom. The number of carbonyl (C=O) groups excluding carboxylic acids is 1. The molecule has 0 unspecified atom stereocenters. The van der Waals surface area contributed by atoms with E-state index in [1.165, 1.54) is 18.7 Å². The third-order valence-corrected chi connectivity index (χ3v) is 1.41. The molecule has 2 heterocycles. The second-order valence-electron chi connectivity index (χ2n) is 2.20. The summed E-state index contributed by atoms with van der Waals surface area (Å²) < 4.78 is 9.86. The average Bonchev–Trinajstić information content (AvgIpc) is 2.75. The average molecular weight is 163 g/mol. The number of carbonyl (C=O) groups is 1. The molecule has 2 aromatic heterocycles. The highest BCUT2D eigenvalue weighted by Crippen LogP contribution is 2.18. The van der Waals surface area contributed by atoms with E-state index in [-0.39, 0.29) is 5.76 Å². The van der Waals surface area contributed by atoms with Gasteiger partial charge in [0, 0.05) is 0 Å². The molecule has 0 aromatic carbocycles. The summed E-state index contributed by atoms with van der Waals surface area (Å²) in [6, 6.07) is 1.71. The van der Waals surface area contributed by atoms with Gasteiger partial charge in [-0.2, -0.15) is 0 Å². The topological polar surface area (TPSA) is 56.2 Å². The summed E-state index contributed by atoms with van der Waals surface area (Å²) >= 11 is 0. The Morgan fingerprint density at radius 3 is 3.00 bits per heavy atom. The van der Waals surface area contributed by atoms with Crippen LogP contribution in [0.1, 0.15) is 10.6 Å². The quantitative estimate of drug-likeness (QED) is 0.633. The van der Waals surface area contributed by atoms with E-state index in [1.807, 2.05) is 0 Å². The first-order valence-corrected chi connectivity index (χ1v) is 3.34. The molecule has 60 valence electrons. The molecule has 0 saturated carbocycles. The van der Waals surface area contributed by atoms with Crippen LogP contribution in [0, 0.1) is 0 Å². The van der Waals surface area contributed by atoms with Gasteiger partial charge in [0.2, 0.25) is 5.89 Å². The molecule has 0 aliphatic carbocycles. The third-order valence-electron chi connectivity index (χ3n) is 1.41. The lowest BCUT2D eigenvalue weighted by Gasteiger charge is -1.83. The first kappa shape index (κ1) is 6.84. The molecular weight excluding hydrogens is 158 g/mol. The molecule has 2 rings (SSSR count). The van der Waals surface area contributed by atoms with E-state index in [2.05, 4.69) is 4.98 Å². The van der Waals surface area contributed by atoms with Crippen molar-refractivity contribution in [3.05, 3.63) is 30.5 Å². The summed E-state index contributed by atoms with van der Waals surface area (Å²) in [5, 5.41) is 0. The minimum absolute atomic E-state index is 0.214. The van der Waals surface area contributed by atoms with Crippen LogP contribution in [0.5, 0.6) is 0 Å². The second kappa shape index (κ2) is 2.65. The number of hydrogen-bond donors (Lipinski definition) is 0. The van der Waals surface area contributed by atoms with Gasteiger partial charge < -0.3 is 8.83 Å². The van der Waals surface area contributed by atoms with Gasteiger partial charge in [-0.15, -0.1) is 0 Å². The predicted molar refractivity (Wildman–Crippen MR) is 39.6 cm³/mol. The molecule has 0 radical (unpaired) electrons.